The second-order valence-electron chi connectivity index (χ2n) is 15.1. The Morgan fingerprint density at radius 2 is 1.57 bits per heavy atom. The van der Waals surface area contributed by atoms with Crippen LogP contribution in [0.25, 0.3) is 0 Å². The zero-order chi connectivity index (χ0) is 33.5. The SMILES string of the molecule is CC(C)(C)OC(=O)N1C(=O)CNCC1(C)C.CC1(C)CN(C2CC2)CC(c2ccccc2)N1C(=O)NCCCCc1ccccc1. The van der Waals surface area contributed by atoms with Gasteiger partial charge < -0.3 is 20.3 Å². The van der Waals surface area contributed by atoms with E-state index in [1.54, 1.807) is 20.8 Å². The van der Waals surface area contributed by atoms with Crippen LogP contribution >= 0.6 is 0 Å². The van der Waals surface area contributed by atoms with Crippen molar-refractivity contribution in [3.05, 3.63) is 71.8 Å². The first-order chi connectivity index (χ1) is 21.7. The van der Waals surface area contributed by atoms with Crippen molar-refractivity contribution in [1.29, 1.82) is 0 Å². The van der Waals surface area contributed by atoms with Crippen molar-refractivity contribution in [3.63, 3.8) is 0 Å². The van der Waals surface area contributed by atoms with Crippen molar-refractivity contribution < 1.29 is 19.1 Å². The largest absolute Gasteiger partial charge is 0.443 e. The molecule has 0 radical (unpaired) electrons. The second-order valence-corrected chi connectivity index (χ2v) is 15.1. The van der Waals surface area contributed by atoms with Crippen LogP contribution in [0.1, 0.15) is 91.3 Å². The van der Waals surface area contributed by atoms with E-state index in [0.29, 0.717) is 12.6 Å². The van der Waals surface area contributed by atoms with E-state index in [-0.39, 0.29) is 30.1 Å². The average molecular weight is 634 g/mol. The Morgan fingerprint density at radius 1 is 0.935 bits per heavy atom. The molecule has 1 saturated carbocycles. The zero-order valence-electron chi connectivity index (χ0n) is 29.0. The Labute approximate surface area is 276 Å². The number of amides is 4. The van der Waals surface area contributed by atoms with E-state index >= 15 is 0 Å². The number of unbranched alkanes of at least 4 members (excludes halogenated alkanes) is 1. The van der Waals surface area contributed by atoms with Gasteiger partial charge in [-0.1, -0.05) is 60.7 Å². The van der Waals surface area contributed by atoms with Gasteiger partial charge in [0.25, 0.3) is 0 Å². The van der Waals surface area contributed by atoms with E-state index in [4.69, 9.17) is 4.74 Å². The van der Waals surface area contributed by atoms with Gasteiger partial charge in [0.05, 0.1) is 23.7 Å². The zero-order valence-corrected chi connectivity index (χ0v) is 29.0. The van der Waals surface area contributed by atoms with Gasteiger partial charge in [0, 0.05) is 32.2 Å². The minimum Gasteiger partial charge on any atom is -0.443 e. The molecule has 252 valence electrons. The lowest BCUT2D eigenvalue weighted by Gasteiger charge is -2.52. The predicted octanol–water partition coefficient (Wildman–Crippen LogP) is 6.15. The lowest BCUT2D eigenvalue weighted by atomic mass is 9.91. The first kappa shape index (κ1) is 35.4. The number of piperazine rings is 2. The minimum absolute atomic E-state index is 0.0732. The molecule has 2 aromatic rings. The van der Waals surface area contributed by atoms with Crippen LogP contribution in [0.3, 0.4) is 0 Å². The molecule has 0 bridgehead atoms. The summed E-state index contributed by atoms with van der Waals surface area (Å²) >= 11 is 0. The van der Waals surface area contributed by atoms with Gasteiger partial charge in [-0.3, -0.25) is 9.69 Å². The standard InChI is InChI=1S/C26H35N3O.C11H20N2O3/c1-26(2)20-28(23-16-17-23)19-24(22-14-7-4-8-15-22)29(26)25(30)27-18-10-9-13-21-11-5-3-6-12-21;1-10(2,3)16-9(15)13-8(14)6-12-7-11(13,4)5/h3-8,11-12,14-15,23-24H,9-10,13,16-20H2,1-2H3,(H,27,30);12H,6-7H2,1-5H3. The monoisotopic (exact) mass is 633 g/mol. The summed E-state index contributed by atoms with van der Waals surface area (Å²) in [6.45, 7) is 16.8. The third-order valence-electron chi connectivity index (χ3n) is 8.70. The third kappa shape index (κ3) is 9.79. The van der Waals surface area contributed by atoms with Gasteiger partial charge in [-0.05, 0) is 91.7 Å². The highest BCUT2D eigenvalue weighted by Gasteiger charge is 2.46. The van der Waals surface area contributed by atoms with E-state index in [1.807, 2.05) is 19.9 Å². The van der Waals surface area contributed by atoms with Gasteiger partial charge in [-0.2, -0.15) is 0 Å². The van der Waals surface area contributed by atoms with Crippen LogP contribution in [-0.4, -0.2) is 88.2 Å². The Hall–Kier alpha value is -3.43. The molecule has 2 heterocycles. The van der Waals surface area contributed by atoms with Gasteiger partial charge in [-0.15, -0.1) is 0 Å². The van der Waals surface area contributed by atoms with E-state index < -0.39 is 17.2 Å². The molecule has 9 nitrogen and oxygen atoms in total. The molecule has 1 atom stereocenters. The highest BCUT2D eigenvalue weighted by Crippen LogP contribution is 2.39. The lowest BCUT2D eigenvalue weighted by molar-refractivity contribution is -0.137. The highest BCUT2D eigenvalue weighted by molar-refractivity contribution is 5.94. The quantitative estimate of drug-likeness (QED) is 0.356. The van der Waals surface area contributed by atoms with Crippen LogP contribution in [0.2, 0.25) is 0 Å². The number of hydrogen-bond donors (Lipinski definition) is 2. The molecule has 4 amide bonds. The molecule has 2 saturated heterocycles. The molecule has 1 unspecified atom stereocenters. The van der Waals surface area contributed by atoms with Gasteiger partial charge in [-0.25, -0.2) is 14.5 Å². The Kier molecular flexibility index (Phi) is 11.5. The molecule has 3 aliphatic rings. The van der Waals surface area contributed by atoms with Crippen molar-refractivity contribution in [2.24, 2.45) is 0 Å². The van der Waals surface area contributed by atoms with Crippen LogP contribution in [0, 0.1) is 0 Å². The van der Waals surface area contributed by atoms with E-state index in [1.165, 1.54) is 28.9 Å². The molecule has 0 spiro atoms. The summed E-state index contributed by atoms with van der Waals surface area (Å²) in [6.07, 6.45) is 5.18. The summed E-state index contributed by atoms with van der Waals surface area (Å²) in [6, 6.07) is 22.0. The number of imide groups is 1. The third-order valence-corrected chi connectivity index (χ3v) is 8.70. The van der Waals surface area contributed by atoms with Crippen molar-refractivity contribution in [1.82, 2.24) is 25.3 Å². The first-order valence-electron chi connectivity index (χ1n) is 16.8. The van der Waals surface area contributed by atoms with Crippen LogP contribution in [0.4, 0.5) is 9.59 Å². The van der Waals surface area contributed by atoms with Gasteiger partial charge in [0.15, 0.2) is 0 Å². The normalized spacial score (nSPS) is 21.2. The Balaban J connectivity index is 0.000000254. The molecule has 3 fully saturated rings. The Morgan fingerprint density at radius 3 is 2.15 bits per heavy atom. The molecule has 1 aliphatic carbocycles. The highest BCUT2D eigenvalue weighted by atomic mass is 16.6. The number of carbonyl (C=O) groups excluding carboxylic acids is 3. The molecule has 9 heteroatoms. The number of carbonyl (C=O) groups is 3. The Bertz CT molecular complexity index is 1300. The molecular weight excluding hydrogens is 578 g/mol. The first-order valence-corrected chi connectivity index (χ1v) is 16.8. The fourth-order valence-electron chi connectivity index (χ4n) is 6.43. The summed E-state index contributed by atoms with van der Waals surface area (Å²) in [5.41, 5.74) is 1.27. The summed E-state index contributed by atoms with van der Waals surface area (Å²) in [4.78, 5) is 42.8. The summed E-state index contributed by atoms with van der Waals surface area (Å²) in [5, 5.41) is 6.20. The average Bonchev–Trinajstić information content (AvgIpc) is 3.82. The smallest absolute Gasteiger partial charge is 0.417 e. The van der Waals surface area contributed by atoms with Gasteiger partial charge in [0.1, 0.15) is 5.60 Å². The fourth-order valence-corrected chi connectivity index (χ4v) is 6.43. The maximum atomic E-state index is 13.3. The predicted molar refractivity (Wildman–Crippen MR) is 183 cm³/mol. The maximum absolute atomic E-state index is 13.3. The molecule has 2 aliphatic heterocycles. The van der Waals surface area contributed by atoms with Crippen molar-refractivity contribution in [3.8, 4) is 0 Å². The van der Waals surface area contributed by atoms with E-state index in [9.17, 15) is 14.4 Å². The van der Waals surface area contributed by atoms with Gasteiger partial charge >= 0.3 is 12.1 Å². The fraction of sp³-hybridized carbons (Fsp3) is 0.595. The topological polar surface area (TPSA) is 94.2 Å². The summed E-state index contributed by atoms with van der Waals surface area (Å²) in [7, 11) is 0. The molecule has 46 heavy (non-hydrogen) atoms. The van der Waals surface area contributed by atoms with Crippen LogP contribution in [0.5, 0.6) is 0 Å². The maximum Gasteiger partial charge on any atom is 0.417 e. The number of aryl methyl sites for hydroxylation is 1. The lowest BCUT2D eigenvalue weighted by Crippen LogP contribution is -2.64. The van der Waals surface area contributed by atoms with Crippen molar-refractivity contribution in [2.45, 2.75) is 109 Å². The molecule has 5 rings (SSSR count). The summed E-state index contributed by atoms with van der Waals surface area (Å²) in [5.74, 6) is -0.245. The number of benzene rings is 2. The van der Waals surface area contributed by atoms with Gasteiger partial charge in [0.2, 0.25) is 5.91 Å². The van der Waals surface area contributed by atoms with Crippen LogP contribution in [0.15, 0.2) is 60.7 Å². The van der Waals surface area contributed by atoms with Crippen LogP contribution in [-0.2, 0) is 16.0 Å². The number of hydrogen-bond acceptors (Lipinski definition) is 6. The van der Waals surface area contributed by atoms with Crippen molar-refractivity contribution >= 4 is 18.0 Å². The number of ether oxygens (including phenoxy) is 1. The number of urea groups is 1. The van der Waals surface area contributed by atoms with E-state index in [0.717, 1.165) is 38.9 Å². The van der Waals surface area contributed by atoms with Crippen LogP contribution < -0.4 is 10.6 Å². The minimum atomic E-state index is -0.585. The molecule has 2 N–H and O–H groups in total. The molecular formula is C37H55N5O4. The number of nitrogens with one attached hydrogen (secondary N) is 2. The number of rotatable bonds is 7. The second kappa shape index (κ2) is 15.0. The number of nitrogens with zero attached hydrogens (tertiary/aromatic N) is 3. The van der Waals surface area contributed by atoms with E-state index in [2.05, 4.69) is 88.9 Å². The summed E-state index contributed by atoms with van der Waals surface area (Å²) < 4.78 is 5.22. The van der Waals surface area contributed by atoms with Crippen molar-refractivity contribution in [2.75, 3.05) is 32.7 Å². The molecule has 0 aromatic heterocycles. The molecule has 2 aromatic carbocycles.